The van der Waals surface area contributed by atoms with Crippen molar-refractivity contribution >= 4 is 11.6 Å². The summed E-state index contributed by atoms with van der Waals surface area (Å²) in [6, 6.07) is 8.37. The van der Waals surface area contributed by atoms with Crippen molar-refractivity contribution in [1.82, 2.24) is 5.32 Å². The second kappa shape index (κ2) is 4.52. The van der Waals surface area contributed by atoms with Crippen LogP contribution in [0.4, 0.5) is 0 Å². The van der Waals surface area contributed by atoms with E-state index in [1.807, 2.05) is 12.1 Å². The van der Waals surface area contributed by atoms with Crippen LogP contribution in [0, 0.1) is 5.41 Å². The number of ether oxygens (including phenoxy) is 1. The van der Waals surface area contributed by atoms with Gasteiger partial charge in [-0.2, -0.15) is 0 Å². The molecule has 18 heavy (non-hydrogen) atoms. The van der Waals surface area contributed by atoms with Gasteiger partial charge in [0.1, 0.15) is 0 Å². The Morgan fingerprint density at radius 1 is 1.22 bits per heavy atom. The van der Waals surface area contributed by atoms with E-state index in [-0.39, 0.29) is 5.41 Å². The number of hydrogen-bond acceptors (Lipinski definition) is 2. The van der Waals surface area contributed by atoms with Crippen LogP contribution in [0.3, 0.4) is 0 Å². The highest BCUT2D eigenvalue weighted by atomic mass is 35.5. The van der Waals surface area contributed by atoms with Crippen molar-refractivity contribution in [3.05, 3.63) is 34.9 Å². The topological polar surface area (TPSA) is 21.3 Å². The van der Waals surface area contributed by atoms with Crippen LogP contribution in [0.15, 0.2) is 24.3 Å². The fourth-order valence-electron chi connectivity index (χ4n) is 3.62. The van der Waals surface area contributed by atoms with E-state index in [0.29, 0.717) is 5.41 Å². The van der Waals surface area contributed by atoms with E-state index in [1.54, 1.807) is 0 Å². The highest BCUT2D eigenvalue weighted by Crippen LogP contribution is 2.58. The van der Waals surface area contributed by atoms with Crippen LogP contribution < -0.4 is 5.32 Å². The lowest BCUT2D eigenvalue weighted by molar-refractivity contribution is -0.156. The molecule has 1 aromatic carbocycles. The number of halogens is 1. The van der Waals surface area contributed by atoms with E-state index in [2.05, 4.69) is 24.5 Å². The molecule has 1 saturated carbocycles. The summed E-state index contributed by atoms with van der Waals surface area (Å²) in [5, 5.41) is 4.19. The molecule has 98 valence electrons. The number of hydrogen-bond donors (Lipinski definition) is 1. The van der Waals surface area contributed by atoms with E-state index >= 15 is 0 Å². The summed E-state index contributed by atoms with van der Waals surface area (Å²) in [7, 11) is 2.05. The maximum Gasteiger partial charge on any atom is 0.0591 e. The van der Waals surface area contributed by atoms with Gasteiger partial charge in [0.15, 0.2) is 0 Å². The Kier molecular flexibility index (Phi) is 3.13. The largest absolute Gasteiger partial charge is 0.379 e. The Morgan fingerprint density at radius 2 is 1.89 bits per heavy atom. The Labute approximate surface area is 114 Å². The van der Waals surface area contributed by atoms with E-state index in [9.17, 15) is 0 Å². The standard InChI is InChI=1S/C15H20ClNO/c1-17-9-14(7-2-8-14)15(10-18-11-15)12-3-5-13(16)6-4-12/h3-6,17H,2,7-11H2,1H3. The Hall–Kier alpha value is -0.570. The van der Waals surface area contributed by atoms with Gasteiger partial charge >= 0.3 is 0 Å². The summed E-state index contributed by atoms with van der Waals surface area (Å²) in [4.78, 5) is 0. The lowest BCUT2D eigenvalue weighted by Crippen LogP contribution is -2.64. The maximum absolute atomic E-state index is 6.00. The predicted octanol–water partition coefficient (Wildman–Crippen LogP) is 3.00. The lowest BCUT2D eigenvalue weighted by atomic mass is 9.49. The van der Waals surface area contributed by atoms with Gasteiger partial charge in [-0.3, -0.25) is 0 Å². The van der Waals surface area contributed by atoms with Gasteiger partial charge in [-0.25, -0.2) is 0 Å². The van der Waals surface area contributed by atoms with Gasteiger partial charge in [0, 0.05) is 17.0 Å². The third-order valence-electron chi connectivity index (χ3n) is 4.93. The molecule has 2 nitrogen and oxygen atoms in total. The summed E-state index contributed by atoms with van der Waals surface area (Å²) in [5.74, 6) is 0. The monoisotopic (exact) mass is 265 g/mol. The minimum Gasteiger partial charge on any atom is -0.379 e. The molecular weight excluding hydrogens is 246 g/mol. The van der Waals surface area contributed by atoms with E-state index in [1.165, 1.54) is 24.8 Å². The molecule has 0 radical (unpaired) electrons. The van der Waals surface area contributed by atoms with Crippen LogP contribution in [0.1, 0.15) is 24.8 Å². The van der Waals surface area contributed by atoms with Gasteiger partial charge in [-0.15, -0.1) is 0 Å². The van der Waals surface area contributed by atoms with Crippen LogP contribution in [-0.2, 0) is 10.2 Å². The van der Waals surface area contributed by atoms with E-state index in [0.717, 1.165) is 24.8 Å². The fourth-order valence-corrected chi connectivity index (χ4v) is 3.75. The van der Waals surface area contributed by atoms with Crippen LogP contribution in [0.2, 0.25) is 5.02 Å². The first kappa shape index (κ1) is 12.5. The zero-order chi connectivity index (χ0) is 12.6. The van der Waals surface area contributed by atoms with Gasteiger partial charge in [0.2, 0.25) is 0 Å². The molecule has 3 heteroatoms. The van der Waals surface area contributed by atoms with Gasteiger partial charge < -0.3 is 10.1 Å². The lowest BCUT2D eigenvalue weighted by Gasteiger charge is -2.60. The summed E-state index contributed by atoms with van der Waals surface area (Å²) in [6.07, 6.45) is 3.96. The first-order valence-corrected chi connectivity index (χ1v) is 7.09. The number of nitrogens with one attached hydrogen (secondary N) is 1. The molecule has 0 aromatic heterocycles. The van der Waals surface area contributed by atoms with Crippen LogP contribution in [0.5, 0.6) is 0 Å². The van der Waals surface area contributed by atoms with Gasteiger partial charge in [-0.05, 0) is 43.0 Å². The minimum atomic E-state index is 0.207. The van der Waals surface area contributed by atoms with Crippen molar-refractivity contribution in [2.24, 2.45) is 5.41 Å². The average Bonchev–Trinajstić information content (AvgIpc) is 2.26. The first-order chi connectivity index (χ1) is 8.72. The van der Waals surface area contributed by atoms with Gasteiger partial charge in [-0.1, -0.05) is 30.2 Å². The predicted molar refractivity (Wildman–Crippen MR) is 74.2 cm³/mol. The highest BCUT2D eigenvalue weighted by Gasteiger charge is 2.59. The molecule has 0 bridgehead atoms. The molecule has 0 spiro atoms. The minimum absolute atomic E-state index is 0.207. The molecule has 2 fully saturated rings. The summed E-state index contributed by atoms with van der Waals surface area (Å²) in [5.41, 5.74) is 1.99. The molecular formula is C15H20ClNO. The van der Waals surface area contributed by atoms with Crippen LogP contribution >= 0.6 is 11.6 Å². The second-order valence-corrected chi connectivity index (χ2v) is 6.18. The maximum atomic E-state index is 6.00. The van der Waals surface area contributed by atoms with Crippen molar-refractivity contribution in [3.63, 3.8) is 0 Å². The summed E-state index contributed by atoms with van der Waals surface area (Å²) < 4.78 is 5.59. The molecule has 1 aliphatic heterocycles. The van der Waals surface area contributed by atoms with Crippen LogP contribution in [0.25, 0.3) is 0 Å². The number of rotatable bonds is 4. The Morgan fingerprint density at radius 3 is 2.28 bits per heavy atom. The summed E-state index contributed by atoms with van der Waals surface area (Å²) >= 11 is 6.00. The van der Waals surface area contributed by atoms with Crippen molar-refractivity contribution in [3.8, 4) is 0 Å². The quantitative estimate of drug-likeness (QED) is 0.904. The normalized spacial score (nSPS) is 24.1. The van der Waals surface area contributed by atoms with Crippen molar-refractivity contribution in [2.75, 3.05) is 26.8 Å². The SMILES string of the molecule is CNCC1(C2(c3ccc(Cl)cc3)COC2)CCC1. The zero-order valence-electron chi connectivity index (χ0n) is 10.8. The Balaban J connectivity index is 1.96. The van der Waals surface area contributed by atoms with Crippen molar-refractivity contribution in [2.45, 2.75) is 24.7 Å². The van der Waals surface area contributed by atoms with Crippen LogP contribution in [-0.4, -0.2) is 26.8 Å². The molecule has 1 aromatic rings. The second-order valence-electron chi connectivity index (χ2n) is 5.75. The molecule has 0 unspecified atom stereocenters. The molecule has 1 saturated heterocycles. The molecule has 2 aliphatic rings. The van der Waals surface area contributed by atoms with E-state index < -0.39 is 0 Å². The molecule has 3 rings (SSSR count). The molecule has 1 aliphatic carbocycles. The van der Waals surface area contributed by atoms with Gasteiger partial charge in [0.05, 0.1) is 13.2 Å². The zero-order valence-corrected chi connectivity index (χ0v) is 11.6. The average molecular weight is 266 g/mol. The number of benzene rings is 1. The molecule has 1 heterocycles. The molecule has 0 atom stereocenters. The van der Waals surface area contributed by atoms with Crippen molar-refractivity contribution < 1.29 is 4.74 Å². The Bertz CT molecular complexity index is 421. The summed E-state index contributed by atoms with van der Waals surface area (Å²) in [6.45, 7) is 2.80. The molecule has 1 N–H and O–H groups in total. The van der Waals surface area contributed by atoms with Gasteiger partial charge in [0.25, 0.3) is 0 Å². The fraction of sp³-hybridized carbons (Fsp3) is 0.600. The third kappa shape index (κ3) is 1.63. The third-order valence-corrected chi connectivity index (χ3v) is 5.19. The smallest absolute Gasteiger partial charge is 0.0591 e. The van der Waals surface area contributed by atoms with Crippen molar-refractivity contribution in [1.29, 1.82) is 0 Å². The highest BCUT2D eigenvalue weighted by molar-refractivity contribution is 6.30. The first-order valence-electron chi connectivity index (χ1n) is 6.71. The molecule has 0 amide bonds. The van der Waals surface area contributed by atoms with E-state index in [4.69, 9.17) is 16.3 Å².